The summed E-state index contributed by atoms with van der Waals surface area (Å²) in [4.78, 5) is 14.0. The molecule has 0 saturated carbocycles. The Morgan fingerprint density at radius 1 is 1.60 bits per heavy atom. The number of nitro groups is 1. The van der Waals surface area contributed by atoms with E-state index in [0.29, 0.717) is 11.9 Å². The first kappa shape index (κ1) is 10.2. The Balaban J connectivity index is 2.00. The molecule has 2 heterocycles. The number of rotatable bonds is 3. The summed E-state index contributed by atoms with van der Waals surface area (Å²) in [6, 6.07) is 3.57. The summed E-state index contributed by atoms with van der Waals surface area (Å²) in [5, 5.41) is 13.7. The van der Waals surface area contributed by atoms with E-state index in [0.717, 1.165) is 12.2 Å². The van der Waals surface area contributed by atoms with Crippen LogP contribution in [-0.4, -0.2) is 27.5 Å². The van der Waals surface area contributed by atoms with Gasteiger partial charge in [0.1, 0.15) is 12.0 Å². The number of aromatic nitrogens is 1. The molecule has 1 aromatic heterocycles. The quantitative estimate of drug-likeness (QED) is 0.628. The van der Waals surface area contributed by atoms with Crippen LogP contribution in [0.4, 0.5) is 11.5 Å². The molecule has 5 nitrogen and oxygen atoms in total. The summed E-state index contributed by atoms with van der Waals surface area (Å²) < 4.78 is 0. The monoisotopic (exact) mass is 225 g/mol. The molecule has 2 rings (SSSR count). The Bertz CT molecular complexity index is 349. The third kappa shape index (κ3) is 2.59. The lowest BCUT2D eigenvalue weighted by molar-refractivity contribution is -0.385. The van der Waals surface area contributed by atoms with Crippen LogP contribution >= 0.6 is 11.8 Å². The van der Waals surface area contributed by atoms with Gasteiger partial charge in [-0.3, -0.25) is 10.1 Å². The van der Waals surface area contributed by atoms with E-state index in [9.17, 15) is 10.1 Å². The van der Waals surface area contributed by atoms with Crippen LogP contribution in [0.15, 0.2) is 18.3 Å². The van der Waals surface area contributed by atoms with Gasteiger partial charge in [0.2, 0.25) is 0 Å². The van der Waals surface area contributed by atoms with Gasteiger partial charge in [-0.25, -0.2) is 4.98 Å². The van der Waals surface area contributed by atoms with Crippen LogP contribution in [0.1, 0.15) is 6.42 Å². The van der Waals surface area contributed by atoms with Crippen LogP contribution < -0.4 is 5.32 Å². The van der Waals surface area contributed by atoms with Gasteiger partial charge in [0.15, 0.2) is 0 Å². The SMILES string of the molecule is O=[N+]([O-])c1ccc(NC2CCSC2)nc1. The van der Waals surface area contributed by atoms with Gasteiger partial charge >= 0.3 is 0 Å². The van der Waals surface area contributed by atoms with Crippen molar-refractivity contribution in [3.05, 3.63) is 28.4 Å². The summed E-state index contributed by atoms with van der Waals surface area (Å²) in [5.74, 6) is 2.97. The molecule has 1 aromatic rings. The summed E-state index contributed by atoms with van der Waals surface area (Å²) in [6.07, 6.45) is 2.41. The number of hydrogen-bond acceptors (Lipinski definition) is 5. The molecule has 6 heteroatoms. The number of hydrogen-bond donors (Lipinski definition) is 1. The smallest absolute Gasteiger partial charge is 0.287 e. The van der Waals surface area contributed by atoms with Crippen molar-refractivity contribution in [1.82, 2.24) is 4.98 Å². The molecule has 1 aliphatic heterocycles. The Hall–Kier alpha value is -1.30. The molecule has 0 amide bonds. The minimum Gasteiger partial charge on any atom is -0.366 e. The van der Waals surface area contributed by atoms with E-state index in [-0.39, 0.29) is 5.69 Å². The van der Waals surface area contributed by atoms with E-state index in [1.165, 1.54) is 18.0 Å². The molecule has 1 atom stereocenters. The predicted octanol–water partition coefficient (Wildman–Crippen LogP) is 1.91. The average molecular weight is 225 g/mol. The molecule has 15 heavy (non-hydrogen) atoms. The van der Waals surface area contributed by atoms with Gasteiger partial charge in [0.25, 0.3) is 5.69 Å². The van der Waals surface area contributed by atoms with Crippen LogP contribution in [0.5, 0.6) is 0 Å². The highest BCUT2D eigenvalue weighted by Crippen LogP contribution is 2.21. The van der Waals surface area contributed by atoms with Gasteiger partial charge in [-0.2, -0.15) is 11.8 Å². The number of anilines is 1. The van der Waals surface area contributed by atoms with Crippen molar-refractivity contribution >= 4 is 23.3 Å². The summed E-state index contributed by atoms with van der Waals surface area (Å²) in [6.45, 7) is 0. The van der Waals surface area contributed by atoms with E-state index in [1.54, 1.807) is 6.07 Å². The molecule has 80 valence electrons. The highest BCUT2D eigenvalue weighted by atomic mass is 32.2. The molecule has 0 bridgehead atoms. The highest BCUT2D eigenvalue weighted by molar-refractivity contribution is 7.99. The Kier molecular flexibility index (Phi) is 3.05. The van der Waals surface area contributed by atoms with E-state index in [1.807, 2.05) is 11.8 Å². The zero-order chi connectivity index (χ0) is 10.7. The van der Waals surface area contributed by atoms with E-state index in [4.69, 9.17) is 0 Å². The van der Waals surface area contributed by atoms with Crippen LogP contribution in [-0.2, 0) is 0 Å². The van der Waals surface area contributed by atoms with Crippen LogP contribution in [0.2, 0.25) is 0 Å². The fraction of sp³-hybridized carbons (Fsp3) is 0.444. The van der Waals surface area contributed by atoms with Crippen molar-refractivity contribution in [1.29, 1.82) is 0 Å². The van der Waals surface area contributed by atoms with Crippen LogP contribution in [0.25, 0.3) is 0 Å². The van der Waals surface area contributed by atoms with E-state index >= 15 is 0 Å². The lowest BCUT2D eigenvalue weighted by atomic mass is 10.2. The number of nitrogens with zero attached hydrogens (tertiary/aromatic N) is 2. The molecule has 1 aliphatic rings. The molecular formula is C9H11N3O2S. The normalized spacial score (nSPS) is 20.1. The second-order valence-corrected chi connectivity index (χ2v) is 4.51. The predicted molar refractivity (Wildman–Crippen MR) is 60.2 cm³/mol. The molecule has 1 N–H and O–H groups in total. The van der Waals surface area contributed by atoms with Crippen LogP contribution in [0, 0.1) is 10.1 Å². The molecule has 0 radical (unpaired) electrons. The molecular weight excluding hydrogens is 214 g/mol. The summed E-state index contributed by atoms with van der Waals surface area (Å²) in [5.41, 5.74) is 0.0290. The van der Waals surface area contributed by atoms with Crippen molar-refractivity contribution in [2.75, 3.05) is 16.8 Å². The minimum absolute atomic E-state index is 0.0290. The Labute approximate surface area is 91.4 Å². The van der Waals surface area contributed by atoms with Gasteiger partial charge in [0.05, 0.1) is 4.92 Å². The van der Waals surface area contributed by atoms with Crippen LogP contribution in [0.3, 0.4) is 0 Å². The number of pyridine rings is 1. The van der Waals surface area contributed by atoms with Gasteiger partial charge in [-0.15, -0.1) is 0 Å². The number of thioether (sulfide) groups is 1. The van der Waals surface area contributed by atoms with Crippen molar-refractivity contribution in [3.8, 4) is 0 Å². The Morgan fingerprint density at radius 3 is 3.00 bits per heavy atom. The second kappa shape index (κ2) is 4.48. The lowest BCUT2D eigenvalue weighted by Crippen LogP contribution is -2.18. The zero-order valence-electron chi connectivity index (χ0n) is 8.05. The van der Waals surface area contributed by atoms with Crippen molar-refractivity contribution < 1.29 is 4.92 Å². The maximum absolute atomic E-state index is 10.4. The van der Waals surface area contributed by atoms with Gasteiger partial charge in [-0.05, 0) is 18.2 Å². The van der Waals surface area contributed by atoms with E-state index < -0.39 is 4.92 Å². The van der Waals surface area contributed by atoms with Crippen molar-refractivity contribution in [3.63, 3.8) is 0 Å². The second-order valence-electron chi connectivity index (χ2n) is 3.36. The third-order valence-corrected chi connectivity index (χ3v) is 3.40. The lowest BCUT2D eigenvalue weighted by Gasteiger charge is -2.10. The molecule has 0 spiro atoms. The van der Waals surface area contributed by atoms with Gasteiger partial charge in [-0.1, -0.05) is 0 Å². The average Bonchev–Trinajstić information content (AvgIpc) is 2.71. The number of nitrogens with one attached hydrogen (secondary N) is 1. The van der Waals surface area contributed by atoms with Gasteiger partial charge < -0.3 is 5.32 Å². The van der Waals surface area contributed by atoms with Crippen molar-refractivity contribution in [2.45, 2.75) is 12.5 Å². The first-order chi connectivity index (χ1) is 7.25. The topological polar surface area (TPSA) is 68.1 Å². The molecule has 0 aliphatic carbocycles. The van der Waals surface area contributed by atoms with Crippen molar-refractivity contribution in [2.24, 2.45) is 0 Å². The third-order valence-electron chi connectivity index (χ3n) is 2.24. The molecule has 1 saturated heterocycles. The molecule has 0 aromatic carbocycles. The Morgan fingerprint density at radius 2 is 2.47 bits per heavy atom. The molecule has 1 fully saturated rings. The summed E-state index contributed by atoms with van der Waals surface area (Å²) in [7, 11) is 0. The minimum atomic E-state index is -0.442. The van der Waals surface area contributed by atoms with E-state index in [2.05, 4.69) is 10.3 Å². The highest BCUT2D eigenvalue weighted by Gasteiger charge is 2.15. The summed E-state index contributed by atoms with van der Waals surface area (Å²) >= 11 is 1.91. The zero-order valence-corrected chi connectivity index (χ0v) is 8.87. The largest absolute Gasteiger partial charge is 0.366 e. The van der Waals surface area contributed by atoms with Gasteiger partial charge in [0, 0.05) is 17.9 Å². The first-order valence-corrected chi connectivity index (χ1v) is 5.86. The fourth-order valence-corrected chi connectivity index (χ4v) is 2.59. The maximum atomic E-state index is 10.4. The maximum Gasteiger partial charge on any atom is 0.287 e. The fourth-order valence-electron chi connectivity index (χ4n) is 1.44. The standard InChI is InChI=1S/C9H11N3O2S/c13-12(14)8-1-2-9(10-5-8)11-7-3-4-15-6-7/h1-2,5,7H,3-4,6H2,(H,10,11). The molecule has 1 unspecified atom stereocenters. The first-order valence-electron chi connectivity index (χ1n) is 4.70.